The Hall–Kier alpha value is -1.88. The molecule has 0 aromatic heterocycles. The van der Waals surface area contributed by atoms with Crippen LogP contribution in [0, 0.1) is 6.92 Å². The fourth-order valence-electron chi connectivity index (χ4n) is 3.36. The monoisotopic (exact) mass is 302 g/mol. The molecule has 2 aliphatic rings. The Bertz CT molecular complexity index is 595. The predicted octanol–water partition coefficient (Wildman–Crippen LogP) is 2.33. The number of ether oxygens (including phenoxy) is 1. The van der Waals surface area contributed by atoms with Crippen LogP contribution in [0.15, 0.2) is 24.3 Å². The molecule has 2 unspecified atom stereocenters. The molecule has 22 heavy (non-hydrogen) atoms. The summed E-state index contributed by atoms with van der Waals surface area (Å²) in [7, 11) is 0. The van der Waals surface area contributed by atoms with Crippen LogP contribution in [0.4, 0.5) is 4.79 Å². The zero-order valence-electron chi connectivity index (χ0n) is 13.1. The molecule has 2 saturated heterocycles. The summed E-state index contributed by atoms with van der Waals surface area (Å²) in [5.74, 6) is -0.176. The molecule has 2 heterocycles. The first kappa shape index (κ1) is 15.0. The number of nitrogens with zero attached hydrogens (tertiary/aromatic N) is 1. The second kappa shape index (κ2) is 5.72. The maximum Gasteiger partial charge on any atom is 0.325 e. The van der Waals surface area contributed by atoms with Crippen LogP contribution >= 0.6 is 0 Å². The summed E-state index contributed by atoms with van der Waals surface area (Å²) in [6, 6.07) is 7.36. The maximum atomic E-state index is 12.8. The van der Waals surface area contributed by atoms with Gasteiger partial charge in [0, 0.05) is 13.2 Å². The molecule has 0 radical (unpaired) electrons. The maximum absolute atomic E-state index is 12.8. The second-order valence-corrected chi connectivity index (χ2v) is 6.25. The van der Waals surface area contributed by atoms with Crippen molar-refractivity contribution in [1.82, 2.24) is 10.2 Å². The van der Waals surface area contributed by atoms with Crippen molar-refractivity contribution >= 4 is 11.9 Å². The van der Waals surface area contributed by atoms with E-state index in [1.165, 1.54) is 4.90 Å². The van der Waals surface area contributed by atoms with Gasteiger partial charge in [-0.2, -0.15) is 0 Å². The summed E-state index contributed by atoms with van der Waals surface area (Å²) in [4.78, 5) is 26.4. The Morgan fingerprint density at radius 1 is 1.36 bits per heavy atom. The number of hydrogen-bond donors (Lipinski definition) is 1. The summed E-state index contributed by atoms with van der Waals surface area (Å²) in [6.45, 7) is 4.93. The first-order valence-corrected chi connectivity index (χ1v) is 7.84. The van der Waals surface area contributed by atoms with E-state index in [1.807, 2.05) is 31.2 Å². The molecule has 0 bridgehead atoms. The van der Waals surface area contributed by atoms with Gasteiger partial charge >= 0.3 is 6.03 Å². The van der Waals surface area contributed by atoms with Gasteiger partial charge in [-0.05, 0) is 44.2 Å². The van der Waals surface area contributed by atoms with Gasteiger partial charge in [-0.1, -0.05) is 24.3 Å². The van der Waals surface area contributed by atoms with E-state index in [4.69, 9.17) is 4.74 Å². The van der Waals surface area contributed by atoms with Crippen molar-refractivity contribution < 1.29 is 14.3 Å². The lowest BCUT2D eigenvalue weighted by Gasteiger charge is -2.24. The van der Waals surface area contributed by atoms with Crippen LogP contribution in [0.5, 0.6) is 0 Å². The van der Waals surface area contributed by atoms with Crippen LogP contribution in [0.3, 0.4) is 0 Å². The van der Waals surface area contributed by atoms with Gasteiger partial charge in [-0.15, -0.1) is 0 Å². The minimum Gasteiger partial charge on any atom is -0.378 e. The van der Waals surface area contributed by atoms with E-state index in [9.17, 15) is 9.59 Å². The van der Waals surface area contributed by atoms with Crippen LogP contribution in [-0.4, -0.2) is 36.1 Å². The molecule has 2 fully saturated rings. The van der Waals surface area contributed by atoms with E-state index in [2.05, 4.69) is 5.32 Å². The van der Waals surface area contributed by atoms with Gasteiger partial charge in [-0.25, -0.2) is 4.79 Å². The number of urea groups is 1. The number of aryl methyl sites for hydroxylation is 1. The Labute approximate surface area is 130 Å². The Morgan fingerprint density at radius 3 is 2.82 bits per heavy atom. The van der Waals surface area contributed by atoms with Crippen molar-refractivity contribution in [2.24, 2.45) is 0 Å². The van der Waals surface area contributed by atoms with Crippen molar-refractivity contribution in [2.75, 3.05) is 13.2 Å². The molecule has 5 nitrogen and oxygen atoms in total. The lowest BCUT2D eigenvalue weighted by Crippen LogP contribution is -2.41. The molecule has 3 rings (SSSR count). The molecule has 1 aromatic carbocycles. The molecule has 1 N–H and O–H groups in total. The van der Waals surface area contributed by atoms with Crippen molar-refractivity contribution in [2.45, 2.75) is 44.8 Å². The number of imide groups is 1. The van der Waals surface area contributed by atoms with Crippen molar-refractivity contribution in [3.8, 4) is 0 Å². The summed E-state index contributed by atoms with van der Waals surface area (Å²) in [5, 5.41) is 2.86. The number of carbonyl (C=O) groups excluding carboxylic acids is 2. The highest BCUT2D eigenvalue weighted by atomic mass is 16.5. The number of hydrogen-bond acceptors (Lipinski definition) is 3. The van der Waals surface area contributed by atoms with Crippen molar-refractivity contribution in [1.29, 1.82) is 0 Å². The summed E-state index contributed by atoms with van der Waals surface area (Å²) >= 11 is 0. The van der Waals surface area contributed by atoms with E-state index in [0.29, 0.717) is 13.0 Å². The van der Waals surface area contributed by atoms with Gasteiger partial charge in [0.15, 0.2) is 0 Å². The average Bonchev–Trinajstić information content (AvgIpc) is 3.07. The number of rotatable bonds is 4. The second-order valence-electron chi connectivity index (χ2n) is 6.25. The van der Waals surface area contributed by atoms with Gasteiger partial charge in [0.1, 0.15) is 5.54 Å². The molecule has 118 valence electrons. The third-order valence-corrected chi connectivity index (χ3v) is 4.66. The lowest BCUT2D eigenvalue weighted by molar-refractivity contribution is -0.131. The van der Waals surface area contributed by atoms with Gasteiger partial charge < -0.3 is 10.1 Å². The minimum atomic E-state index is -0.973. The zero-order chi connectivity index (χ0) is 15.7. The largest absolute Gasteiger partial charge is 0.378 e. The molecule has 0 saturated carbocycles. The van der Waals surface area contributed by atoms with Gasteiger partial charge in [-0.3, -0.25) is 9.69 Å². The Kier molecular flexibility index (Phi) is 3.91. The standard InChI is InChI=1S/C17H22N2O3/c1-12-6-3-4-8-14(12)17(2)15(20)19(16(21)18-17)10-9-13-7-5-11-22-13/h3-4,6,8,13H,5,7,9-11H2,1-2H3,(H,18,21). The third kappa shape index (κ3) is 2.50. The Morgan fingerprint density at radius 2 is 2.14 bits per heavy atom. The molecule has 3 amide bonds. The topological polar surface area (TPSA) is 58.6 Å². The molecule has 5 heteroatoms. The van der Waals surface area contributed by atoms with E-state index in [-0.39, 0.29) is 18.0 Å². The van der Waals surface area contributed by atoms with E-state index < -0.39 is 5.54 Å². The van der Waals surface area contributed by atoms with Crippen molar-refractivity contribution in [3.63, 3.8) is 0 Å². The van der Waals surface area contributed by atoms with Gasteiger partial charge in [0.2, 0.25) is 0 Å². The number of carbonyl (C=O) groups is 2. The highest BCUT2D eigenvalue weighted by molar-refractivity contribution is 6.07. The van der Waals surface area contributed by atoms with E-state index >= 15 is 0 Å². The highest BCUT2D eigenvalue weighted by Gasteiger charge is 2.49. The van der Waals surface area contributed by atoms with E-state index in [0.717, 1.165) is 30.6 Å². The third-order valence-electron chi connectivity index (χ3n) is 4.66. The summed E-state index contributed by atoms with van der Waals surface area (Å²) in [6.07, 6.45) is 2.96. The fraction of sp³-hybridized carbons (Fsp3) is 0.529. The number of benzene rings is 1. The fourth-order valence-corrected chi connectivity index (χ4v) is 3.36. The quantitative estimate of drug-likeness (QED) is 0.868. The smallest absolute Gasteiger partial charge is 0.325 e. The highest BCUT2D eigenvalue weighted by Crippen LogP contribution is 2.31. The molecule has 1 aromatic rings. The zero-order valence-corrected chi connectivity index (χ0v) is 13.1. The average molecular weight is 302 g/mol. The summed E-state index contributed by atoms with van der Waals surface area (Å²) in [5.41, 5.74) is 0.881. The van der Waals surface area contributed by atoms with Gasteiger partial charge in [0.05, 0.1) is 6.10 Å². The molecule has 0 spiro atoms. The molecule has 2 aliphatic heterocycles. The predicted molar refractivity (Wildman–Crippen MR) is 82.4 cm³/mol. The number of nitrogens with one attached hydrogen (secondary N) is 1. The Balaban J connectivity index is 1.77. The molecule has 2 atom stereocenters. The van der Waals surface area contributed by atoms with Crippen LogP contribution in [0.25, 0.3) is 0 Å². The molecular weight excluding hydrogens is 280 g/mol. The summed E-state index contributed by atoms with van der Waals surface area (Å²) < 4.78 is 5.57. The molecular formula is C17H22N2O3. The van der Waals surface area contributed by atoms with Crippen LogP contribution < -0.4 is 5.32 Å². The first-order valence-electron chi connectivity index (χ1n) is 7.84. The minimum absolute atomic E-state index is 0.172. The number of amides is 3. The lowest BCUT2D eigenvalue weighted by atomic mass is 9.88. The SMILES string of the molecule is Cc1ccccc1C1(C)NC(=O)N(CCC2CCCO2)C1=O. The van der Waals surface area contributed by atoms with Crippen molar-refractivity contribution in [3.05, 3.63) is 35.4 Å². The van der Waals surface area contributed by atoms with Crippen LogP contribution in [-0.2, 0) is 15.1 Å². The van der Waals surface area contributed by atoms with Crippen LogP contribution in [0.1, 0.15) is 37.3 Å². The normalized spacial score (nSPS) is 28.3. The van der Waals surface area contributed by atoms with Crippen LogP contribution in [0.2, 0.25) is 0 Å². The first-order chi connectivity index (χ1) is 10.5. The van der Waals surface area contributed by atoms with Gasteiger partial charge in [0.25, 0.3) is 5.91 Å². The molecule has 0 aliphatic carbocycles. The van der Waals surface area contributed by atoms with E-state index in [1.54, 1.807) is 6.92 Å².